The van der Waals surface area contributed by atoms with E-state index in [0.717, 1.165) is 22.5 Å². The minimum absolute atomic E-state index is 0.0203. The van der Waals surface area contributed by atoms with Crippen molar-refractivity contribution in [3.05, 3.63) is 85.9 Å². The van der Waals surface area contributed by atoms with Gasteiger partial charge < -0.3 is 0 Å². The van der Waals surface area contributed by atoms with Crippen LogP contribution in [0.1, 0.15) is 22.3 Å². The smallest absolute Gasteiger partial charge is 0.272 e. The van der Waals surface area contributed by atoms with Crippen LogP contribution in [0.4, 0.5) is 5.69 Å². The van der Waals surface area contributed by atoms with Crippen LogP contribution in [0.15, 0.2) is 54.6 Å². The zero-order chi connectivity index (χ0) is 23.4. The fourth-order valence-electron chi connectivity index (χ4n) is 5.07. The Morgan fingerprint density at radius 2 is 1.73 bits per heavy atom. The van der Waals surface area contributed by atoms with Crippen molar-refractivity contribution in [2.24, 2.45) is 23.7 Å². The first-order valence-electron chi connectivity index (χ1n) is 10.3. The van der Waals surface area contributed by atoms with Gasteiger partial charge in [0.1, 0.15) is 0 Å². The van der Waals surface area contributed by atoms with E-state index in [2.05, 4.69) is 0 Å². The van der Waals surface area contributed by atoms with Gasteiger partial charge in [0, 0.05) is 27.7 Å². The SMILES string of the molecule is O=C(c1cccc([N+](=O)[O-])c1)N(Cc1ccc(Cl)cc1Cl)N1C(=O)[C@H]2[C@H](C1=O)[C@H]1C=C[C@H]2C1. The summed E-state index contributed by atoms with van der Waals surface area (Å²) in [6.07, 6.45) is 4.68. The Kier molecular flexibility index (Phi) is 5.22. The van der Waals surface area contributed by atoms with E-state index in [9.17, 15) is 24.5 Å². The van der Waals surface area contributed by atoms with Crippen molar-refractivity contribution in [2.75, 3.05) is 0 Å². The first-order valence-corrected chi connectivity index (χ1v) is 11.1. The number of nitro groups is 1. The molecule has 1 heterocycles. The van der Waals surface area contributed by atoms with Gasteiger partial charge in [0.05, 0.1) is 23.3 Å². The molecule has 10 heteroatoms. The Morgan fingerprint density at radius 1 is 1.06 bits per heavy atom. The molecule has 2 aliphatic carbocycles. The molecule has 2 fully saturated rings. The number of fused-ring (bicyclic) bond motifs is 5. The zero-order valence-corrected chi connectivity index (χ0v) is 18.6. The molecule has 1 saturated heterocycles. The van der Waals surface area contributed by atoms with Gasteiger partial charge in [-0.05, 0) is 42.0 Å². The van der Waals surface area contributed by atoms with Crippen molar-refractivity contribution in [1.82, 2.24) is 10.0 Å². The molecule has 168 valence electrons. The average molecular weight is 486 g/mol. The maximum Gasteiger partial charge on any atom is 0.273 e. The van der Waals surface area contributed by atoms with E-state index in [-0.39, 0.29) is 34.7 Å². The summed E-state index contributed by atoms with van der Waals surface area (Å²) in [5, 5.41) is 13.8. The molecule has 2 aromatic carbocycles. The lowest BCUT2D eigenvalue weighted by molar-refractivity contribution is -0.384. The van der Waals surface area contributed by atoms with Crippen LogP contribution in [0.5, 0.6) is 0 Å². The number of hydrogen-bond donors (Lipinski definition) is 0. The summed E-state index contributed by atoms with van der Waals surface area (Å²) in [5.74, 6) is -2.67. The van der Waals surface area contributed by atoms with Gasteiger partial charge in [0.15, 0.2) is 0 Å². The van der Waals surface area contributed by atoms with E-state index in [4.69, 9.17) is 23.2 Å². The fraction of sp³-hybridized carbons (Fsp3) is 0.261. The number of nitro benzene ring substituents is 1. The number of non-ortho nitro benzene ring substituents is 1. The van der Waals surface area contributed by atoms with Gasteiger partial charge in [0.2, 0.25) is 0 Å². The van der Waals surface area contributed by atoms with Gasteiger partial charge in [-0.25, -0.2) is 5.01 Å². The number of hydrogen-bond acceptors (Lipinski definition) is 5. The third kappa shape index (κ3) is 3.50. The Labute approximate surface area is 198 Å². The Balaban J connectivity index is 1.55. The molecule has 2 bridgehead atoms. The summed E-state index contributed by atoms with van der Waals surface area (Å²) in [4.78, 5) is 50.9. The molecule has 33 heavy (non-hydrogen) atoms. The summed E-state index contributed by atoms with van der Waals surface area (Å²) < 4.78 is 0. The Hall–Kier alpha value is -3.23. The third-order valence-electron chi connectivity index (χ3n) is 6.56. The number of carbonyl (C=O) groups is 3. The molecule has 3 amide bonds. The molecule has 0 aromatic heterocycles. The van der Waals surface area contributed by atoms with Crippen LogP contribution in [0.25, 0.3) is 0 Å². The number of rotatable bonds is 5. The predicted octanol–water partition coefficient (Wildman–Crippen LogP) is 4.27. The van der Waals surface area contributed by atoms with E-state index in [1.165, 1.54) is 24.3 Å². The highest BCUT2D eigenvalue weighted by atomic mass is 35.5. The van der Waals surface area contributed by atoms with E-state index >= 15 is 0 Å². The van der Waals surface area contributed by atoms with E-state index in [1.807, 2.05) is 12.2 Å². The van der Waals surface area contributed by atoms with Crippen LogP contribution in [-0.2, 0) is 16.1 Å². The van der Waals surface area contributed by atoms with E-state index in [0.29, 0.717) is 10.6 Å². The van der Waals surface area contributed by atoms with Crippen molar-refractivity contribution in [2.45, 2.75) is 13.0 Å². The lowest BCUT2D eigenvalue weighted by Crippen LogP contribution is -2.50. The Bertz CT molecular complexity index is 1220. The lowest BCUT2D eigenvalue weighted by atomic mass is 9.85. The van der Waals surface area contributed by atoms with Crippen LogP contribution < -0.4 is 0 Å². The molecule has 4 atom stereocenters. The molecule has 0 unspecified atom stereocenters. The molecule has 2 aromatic rings. The van der Waals surface area contributed by atoms with Crippen molar-refractivity contribution in [1.29, 1.82) is 0 Å². The van der Waals surface area contributed by atoms with Crippen molar-refractivity contribution >= 4 is 46.6 Å². The third-order valence-corrected chi connectivity index (χ3v) is 7.15. The molecule has 1 aliphatic heterocycles. The highest BCUT2D eigenvalue weighted by Gasteiger charge is 2.61. The van der Waals surface area contributed by atoms with Crippen LogP contribution in [0, 0.1) is 33.8 Å². The second-order valence-electron chi connectivity index (χ2n) is 8.39. The normalized spacial score (nSPS) is 25.0. The zero-order valence-electron chi connectivity index (χ0n) is 17.1. The number of carbonyl (C=O) groups excluding carboxylic acids is 3. The van der Waals surface area contributed by atoms with Crippen LogP contribution >= 0.6 is 23.2 Å². The maximum atomic E-state index is 13.6. The topological polar surface area (TPSA) is 101 Å². The van der Waals surface area contributed by atoms with Crippen LogP contribution in [0.2, 0.25) is 10.0 Å². The molecule has 8 nitrogen and oxygen atoms in total. The molecule has 0 spiro atoms. The van der Waals surface area contributed by atoms with Crippen LogP contribution in [0.3, 0.4) is 0 Å². The summed E-state index contributed by atoms with van der Waals surface area (Å²) >= 11 is 12.3. The summed E-state index contributed by atoms with van der Waals surface area (Å²) in [5.41, 5.74) is 0.176. The number of halogens is 2. The molecule has 1 saturated carbocycles. The van der Waals surface area contributed by atoms with Gasteiger partial charge in [-0.3, -0.25) is 24.5 Å². The lowest BCUT2D eigenvalue weighted by Gasteiger charge is -2.31. The highest BCUT2D eigenvalue weighted by Crippen LogP contribution is 2.53. The highest BCUT2D eigenvalue weighted by molar-refractivity contribution is 6.35. The average Bonchev–Trinajstić information content (AvgIpc) is 3.47. The second kappa shape index (κ2) is 7.97. The van der Waals surface area contributed by atoms with Crippen LogP contribution in [-0.4, -0.2) is 32.7 Å². The molecule has 0 radical (unpaired) electrons. The number of nitrogens with zero attached hydrogens (tertiary/aromatic N) is 3. The molecule has 0 N–H and O–H groups in total. The van der Waals surface area contributed by atoms with Crippen molar-refractivity contribution in [3.63, 3.8) is 0 Å². The van der Waals surface area contributed by atoms with E-state index < -0.39 is 34.5 Å². The minimum atomic E-state index is -0.716. The standard InChI is InChI=1S/C23H17Cl2N3O5/c24-16-7-6-15(18(25)10-16)11-26(21(29)14-2-1-3-17(9-14)28(32)33)27-22(30)19-12-4-5-13(8-12)20(19)23(27)31/h1-7,9-10,12-13,19-20H,8,11H2/t12-,13-,19+,20+/m0/s1. The molecular weight excluding hydrogens is 469 g/mol. The summed E-state index contributed by atoms with van der Waals surface area (Å²) in [6.45, 7) is -0.183. The number of imide groups is 1. The van der Waals surface area contributed by atoms with Gasteiger partial charge in [-0.2, -0.15) is 5.01 Å². The molecule has 3 aliphatic rings. The Morgan fingerprint density at radius 3 is 2.33 bits per heavy atom. The van der Waals surface area contributed by atoms with Crippen molar-refractivity contribution < 1.29 is 19.3 Å². The van der Waals surface area contributed by atoms with Gasteiger partial charge in [-0.15, -0.1) is 0 Å². The monoisotopic (exact) mass is 485 g/mol. The largest absolute Gasteiger partial charge is 0.273 e. The van der Waals surface area contributed by atoms with Gasteiger partial charge in [-0.1, -0.05) is 47.5 Å². The summed E-state index contributed by atoms with van der Waals surface area (Å²) in [6, 6.07) is 9.86. The summed E-state index contributed by atoms with van der Waals surface area (Å²) in [7, 11) is 0. The first-order chi connectivity index (χ1) is 15.8. The number of hydrazine groups is 1. The molecular formula is C23H17Cl2N3O5. The molecule has 5 rings (SSSR count). The van der Waals surface area contributed by atoms with Crippen molar-refractivity contribution in [3.8, 4) is 0 Å². The minimum Gasteiger partial charge on any atom is -0.272 e. The first kappa shape index (κ1) is 21.6. The number of amides is 3. The number of allylic oxidation sites excluding steroid dienone is 2. The quantitative estimate of drug-likeness (QED) is 0.272. The fourth-order valence-corrected chi connectivity index (χ4v) is 5.54. The second-order valence-corrected chi connectivity index (χ2v) is 9.24. The van der Waals surface area contributed by atoms with Gasteiger partial charge >= 0.3 is 0 Å². The maximum absolute atomic E-state index is 13.6. The number of benzene rings is 2. The predicted molar refractivity (Wildman–Crippen MR) is 119 cm³/mol. The van der Waals surface area contributed by atoms with E-state index in [1.54, 1.807) is 12.1 Å². The van der Waals surface area contributed by atoms with Gasteiger partial charge in [0.25, 0.3) is 23.4 Å².